The molecule has 0 aromatic carbocycles. The maximum atomic E-state index is 12.7. The summed E-state index contributed by atoms with van der Waals surface area (Å²) in [7, 11) is -1.74. The topological polar surface area (TPSA) is 105 Å². The quantitative estimate of drug-likeness (QED) is 0.524. The number of hydrogen-bond acceptors (Lipinski definition) is 6. The lowest BCUT2D eigenvalue weighted by molar-refractivity contribution is 0.407. The lowest BCUT2D eigenvalue weighted by Crippen LogP contribution is -2.37. The number of nitrogens with two attached hydrogens (primary N) is 1. The van der Waals surface area contributed by atoms with E-state index < -0.39 is 10.0 Å². The van der Waals surface area contributed by atoms with Crippen LogP contribution in [0.3, 0.4) is 0 Å². The van der Waals surface area contributed by atoms with Crippen molar-refractivity contribution in [2.75, 3.05) is 25.6 Å². The Kier molecular flexibility index (Phi) is 3.57. The van der Waals surface area contributed by atoms with Crippen molar-refractivity contribution >= 4 is 21.5 Å². The predicted molar refractivity (Wildman–Crippen MR) is 79.2 cm³/mol. The second-order valence-electron chi connectivity index (χ2n) is 5.21. The van der Waals surface area contributed by atoms with Crippen LogP contribution in [0.4, 0.5) is 5.82 Å². The van der Waals surface area contributed by atoms with Gasteiger partial charge in [0.2, 0.25) is 0 Å². The summed E-state index contributed by atoms with van der Waals surface area (Å²) in [6.45, 7) is 1.57. The lowest BCUT2D eigenvalue weighted by atomic mass is 10.3. The van der Waals surface area contributed by atoms with Gasteiger partial charge in [-0.05, 0) is 32.1 Å². The van der Waals surface area contributed by atoms with Crippen LogP contribution in [0, 0.1) is 0 Å². The molecule has 1 aliphatic heterocycles. The molecule has 2 aromatic rings. The highest BCUT2D eigenvalue weighted by molar-refractivity contribution is 7.89. The number of hydrazine groups is 1. The molecule has 0 amide bonds. The normalized spacial score (nSPS) is 20.2. The fourth-order valence-corrected chi connectivity index (χ4v) is 4.15. The van der Waals surface area contributed by atoms with Crippen molar-refractivity contribution < 1.29 is 8.42 Å². The van der Waals surface area contributed by atoms with Gasteiger partial charge in [-0.3, -0.25) is 4.40 Å². The number of aromatic nitrogens is 2. The van der Waals surface area contributed by atoms with Gasteiger partial charge in [0.25, 0.3) is 10.0 Å². The van der Waals surface area contributed by atoms with Crippen LogP contribution in [0.25, 0.3) is 5.65 Å². The number of likely N-dealkylation sites (tertiary alicyclic amines) is 1. The number of rotatable bonds is 4. The third kappa shape index (κ3) is 2.60. The largest absolute Gasteiger partial charge is 0.306 e. The molecule has 4 N–H and O–H groups in total. The molecular formula is C12H18N6O2S. The Bertz CT molecular complexity index is 756. The van der Waals surface area contributed by atoms with E-state index in [0.717, 1.165) is 13.0 Å². The number of likely N-dealkylation sites (N-methyl/N-ethyl adjacent to an activating group) is 1. The van der Waals surface area contributed by atoms with Gasteiger partial charge in [0.15, 0.2) is 10.8 Å². The molecule has 1 unspecified atom stereocenters. The number of nitrogens with zero attached hydrogens (tertiary/aromatic N) is 3. The van der Waals surface area contributed by atoms with E-state index in [4.69, 9.17) is 5.84 Å². The molecule has 9 heteroatoms. The molecule has 2 aromatic heterocycles. The van der Waals surface area contributed by atoms with Crippen LogP contribution in [0.1, 0.15) is 6.42 Å². The minimum absolute atomic E-state index is 0.0372. The molecule has 0 saturated carbocycles. The molecule has 8 nitrogen and oxygen atoms in total. The summed E-state index contributed by atoms with van der Waals surface area (Å²) in [6.07, 6.45) is 2.44. The second-order valence-corrected chi connectivity index (χ2v) is 6.84. The summed E-state index contributed by atoms with van der Waals surface area (Å²) in [5.74, 6) is 5.55. The van der Waals surface area contributed by atoms with Crippen LogP contribution in [0.2, 0.25) is 0 Å². The van der Waals surface area contributed by atoms with Crippen LogP contribution in [-0.2, 0) is 10.0 Å². The van der Waals surface area contributed by atoms with E-state index in [9.17, 15) is 8.42 Å². The van der Waals surface area contributed by atoms with Crippen molar-refractivity contribution in [2.45, 2.75) is 17.5 Å². The third-order valence-electron chi connectivity index (χ3n) is 3.59. The van der Waals surface area contributed by atoms with Crippen LogP contribution in [0.5, 0.6) is 0 Å². The molecule has 0 spiro atoms. The second kappa shape index (κ2) is 5.26. The summed E-state index contributed by atoms with van der Waals surface area (Å²) in [5.41, 5.74) is 2.89. The number of anilines is 1. The van der Waals surface area contributed by atoms with E-state index in [1.807, 2.05) is 7.05 Å². The van der Waals surface area contributed by atoms with Crippen molar-refractivity contribution in [3.05, 3.63) is 24.4 Å². The molecule has 1 aliphatic rings. The van der Waals surface area contributed by atoms with Gasteiger partial charge >= 0.3 is 0 Å². The molecule has 1 saturated heterocycles. The fraction of sp³-hybridized carbons (Fsp3) is 0.417. The first kappa shape index (κ1) is 14.3. The minimum atomic E-state index is -3.71. The lowest BCUT2D eigenvalue weighted by Gasteiger charge is -2.13. The Hall–Kier alpha value is -1.68. The number of nitrogens with one attached hydrogen (secondary N) is 2. The number of hydrogen-bond donors (Lipinski definition) is 3. The van der Waals surface area contributed by atoms with Gasteiger partial charge in [-0.2, -0.15) is 0 Å². The first-order chi connectivity index (χ1) is 10.0. The molecule has 0 radical (unpaired) electrons. The van der Waals surface area contributed by atoms with E-state index in [1.165, 1.54) is 4.40 Å². The summed E-state index contributed by atoms with van der Waals surface area (Å²) in [5, 5.41) is 0.0372. The van der Waals surface area contributed by atoms with Crippen molar-refractivity contribution in [2.24, 2.45) is 5.84 Å². The number of nitrogen functional groups attached to an aromatic ring is 1. The van der Waals surface area contributed by atoms with E-state index in [2.05, 4.69) is 20.0 Å². The van der Waals surface area contributed by atoms with E-state index in [0.29, 0.717) is 12.2 Å². The highest BCUT2D eigenvalue weighted by Crippen LogP contribution is 2.22. The zero-order valence-electron chi connectivity index (χ0n) is 11.7. The average molecular weight is 310 g/mol. The predicted octanol–water partition coefficient (Wildman–Crippen LogP) is -0.398. The van der Waals surface area contributed by atoms with Crippen molar-refractivity contribution in [1.29, 1.82) is 0 Å². The van der Waals surface area contributed by atoms with Crippen LogP contribution >= 0.6 is 0 Å². The summed E-state index contributed by atoms with van der Waals surface area (Å²) < 4.78 is 29.6. The summed E-state index contributed by atoms with van der Waals surface area (Å²) in [4.78, 5) is 6.27. The highest BCUT2D eigenvalue weighted by Gasteiger charge is 2.30. The Labute approximate surface area is 123 Å². The monoisotopic (exact) mass is 310 g/mol. The number of imidazole rings is 1. The minimum Gasteiger partial charge on any atom is -0.306 e. The van der Waals surface area contributed by atoms with Gasteiger partial charge in [-0.25, -0.2) is 24.0 Å². The van der Waals surface area contributed by atoms with Gasteiger partial charge < -0.3 is 10.3 Å². The van der Waals surface area contributed by atoms with Gasteiger partial charge in [0, 0.05) is 18.8 Å². The molecule has 3 heterocycles. The maximum Gasteiger partial charge on any atom is 0.260 e. The molecule has 114 valence electrons. The molecule has 0 aliphatic carbocycles. The average Bonchev–Trinajstić information content (AvgIpc) is 3.01. The van der Waals surface area contributed by atoms with Gasteiger partial charge in [-0.1, -0.05) is 6.07 Å². The molecule has 21 heavy (non-hydrogen) atoms. The summed E-state index contributed by atoms with van der Waals surface area (Å²) >= 11 is 0. The zero-order chi connectivity index (χ0) is 15.0. The van der Waals surface area contributed by atoms with Crippen LogP contribution in [0.15, 0.2) is 29.4 Å². The molecular weight excluding hydrogens is 292 g/mol. The fourth-order valence-electron chi connectivity index (χ4n) is 2.63. The van der Waals surface area contributed by atoms with E-state index >= 15 is 0 Å². The van der Waals surface area contributed by atoms with E-state index in [1.54, 1.807) is 24.4 Å². The first-order valence-corrected chi connectivity index (χ1v) is 8.14. The molecule has 0 bridgehead atoms. The third-order valence-corrected chi connectivity index (χ3v) is 5.13. The van der Waals surface area contributed by atoms with E-state index in [-0.39, 0.29) is 16.9 Å². The van der Waals surface area contributed by atoms with Crippen LogP contribution < -0.4 is 16.0 Å². The summed E-state index contributed by atoms with van der Waals surface area (Å²) in [6, 6.07) is 5.17. The van der Waals surface area contributed by atoms with Crippen LogP contribution in [-0.4, -0.2) is 48.9 Å². The smallest absolute Gasteiger partial charge is 0.260 e. The first-order valence-electron chi connectivity index (χ1n) is 6.66. The van der Waals surface area contributed by atoms with Gasteiger partial charge in [-0.15, -0.1) is 0 Å². The Morgan fingerprint density at radius 3 is 2.90 bits per heavy atom. The number of pyridine rings is 1. The highest BCUT2D eigenvalue weighted by atomic mass is 32.2. The van der Waals surface area contributed by atoms with Crippen molar-refractivity contribution in [1.82, 2.24) is 19.0 Å². The molecule has 1 fully saturated rings. The standard InChI is InChI=1S/C12H18N6O2S/c1-17-7-5-9(8-17)16-21(19,20)12-11(15-13)14-10-4-2-3-6-18(10)12/h2-4,6,9,15-16H,5,7-8,13H2,1H3. The maximum absolute atomic E-state index is 12.7. The van der Waals surface area contributed by atoms with Gasteiger partial charge in [0.05, 0.1) is 0 Å². The SMILES string of the molecule is CN1CCC(NS(=O)(=O)c2c(NN)nc3ccccn23)C1. The van der Waals surface area contributed by atoms with Crippen molar-refractivity contribution in [3.63, 3.8) is 0 Å². The Morgan fingerprint density at radius 1 is 1.43 bits per heavy atom. The zero-order valence-corrected chi connectivity index (χ0v) is 12.5. The number of fused-ring (bicyclic) bond motifs is 1. The Balaban J connectivity index is 2.01. The molecule has 1 atom stereocenters. The Morgan fingerprint density at radius 2 is 2.24 bits per heavy atom. The van der Waals surface area contributed by atoms with Crippen molar-refractivity contribution in [3.8, 4) is 0 Å². The number of sulfonamides is 1. The van der Waals surface area contributed by atoms with Gasteiger partial charge in [0.1, 0.15) is 5.65 Å². The molecule has 3 rings (SSSR count).